The summed E-state index contributed by atoms with van der Waals surface area (Å²) in [4.78, 5) is 22.5. The first-order valence-corrected chi connectivity index (χ1v) is 5.72. The Morgan fingerprint density at radius 3 is 2.41 bits per heavy atom. The van der Waals surface area contributed by atoms with E-state index in [2.05, 4.69) is 0 Å². The van der Waals surface area contributed by atoms with Crippen molar-refractivity contribution in [3.05, 3.63) is 34.9 Å². The summed E-state index contributed by atoms with van der Waals surface area (Å²) in [5.74, 6) is -0.956. The lowest BCUT2D eigenvalue weighted by Gasteiger charge is -2.10. The van der Waals surface area contributed by atoms with Crippen molar-refractivity contribution in [1.29, 1.82) is 0 Å². The van der Waals surface area contributed by atoms with Crippen LogP contribution in [0.25, 0.3) is 0 Å². The first-order chi connectivity index (χ1) is 7.90. The van der Waals surface area contributed by atoms with E-state index in [9.17, 15) is 9.59 Å². The van der Waals surface area contributed by atoms with Gasteiger partial charge >= 0.3 is 5.97 Å². The van der Waals surface area contributed by atoms with E-state index >= 15 is 0 Å². The SMILES string of the molecule is Cc1ccc(C(=O)CC(C)CC(=O)O)c(C)c1. The van der Waals surface area contributed by atoms with Crippen molar-refractivity contribution in [3.8, 4) is 0 Å². The van der Waals surface area contributed by atoms with Crippen molar-refractivity contribution in [1.82, 2.24) is 0 Å². The molecular weight excluding hydrogens is 216 g/mol. The van der Waals surface area contributed by atoms with E-state index in [-0.39, 0.29) is 24.5 Å². The largest absolute Gasteiger partial charge is 0.481 e. The minimum atomic E-state index is -0.856. The number of ketones is 1. The highest BCUT2D eigenvalue weighted by Crippen LogP contribution is 2.17. The Hall–Kier alpha value is -1.64. The molecule has 1 rings (SSSR count). The van der Waals surface area contributed by atoms with Gasteiger partial charge in [-0.2, -0.15) is 0 Å². The molecule has 3 heteroatoms. The molecule has 0 aliphatic heterocycles. The van der Waals surface area contributed by atoms with E-state index in [0.29, 0.717) is 5.56 Å². The predicted molar refractivity (Wildman–Crippen MR) is 66.3 cm³/mol. The van der Waals surface area contributed by atoms with Gasteiger partial charge < -0.3 is 5.11 Å². The van der Waals surface area contributed by atoms with Gasteiger partial charge in [0.2, 0.25) is 0 Å². The minimum absolute atomic E-state index is 0.0243. The number of carboxylic acids is 1. The summed E-state index contributed by atoms with van der Waals surface area (Å²) in [7, 11) is 0. The second kappa shape index (κ2) is 5.62. The van der Waals surface area contributed by atoms with Crippen LogP contribution in [-0.4, -0.2) is 16.9 Å². The maximum atomic E-state index is 12.0. The third-order valence-electron chi connectivity index (χ3n) is 2.74. The second-order valence-electron chi connectivity index (χ2n) is 4.65. The summed E-state index contributed by atoms with van der Waals surface area (Å²) >= 11 is 0. The maximum Gasteiger partial charge on any atom is 0.303 e. The minimum Gasteiger partial charge on any atom is -0.481 e. The Labute approximate surface area is 101 Å². The third kappa shape index (κ3) is 4.02. The molecule has 17 heavy (non-hydrogen) atoms. The smallest absolute Gasteiger partial charge is 0.303 e. The van der Waals surface area contributed by atoms with Gasteiger partial charge in [-0.1, -0.05) is 30.7 Å². The summed E-state index contributed by atoms with van der Waals surface area (Å²) < 4.78 is 0. The number of carbonyl (C=O) groups is 2. The second-order valence-corrected chi connectivity index (χ2v) is 4.65. The number of rotatable bonds is 5. The molecule has 0 spiro atoms. The Balaban J connectivity index is 2.73. The van der Waals surface area contributed by atoms with Crippen LogP contribution in [0.5, 0.6) is 0 Å². The Kier molecular flexibility index (Phi) is 4.44. The summed E-state index contributed by atoms with van der Waals surface area (Å²) in [6.45, 7) is 5.67. The van der Waals surface area contributed by atoms with Gasteiger partial charge in [-0.05, 0) is 25.3 Å². The number of Topliss-reactive ketones (excluding diaryl/α,β-unsaturated/α-hetero) is 1. The molecule has 1 N–H and O–H groups in total. The lowest BCUT2D eigenvalue weighted by Crippen LogP contribution is -2.11. The van der Waals surface area contributed by atoms with Gasteiger partial charge in [0.05, 0.1) is 0 Å². The Bertz CT molecular complexity index is 435. The van der Waals surface area contributed by atoms with Crippen molar-refractivity contribution in [2.45, 2.75) is 33.6 Å². The van der Waals surface area contributed by atoms with Gasteiger partial charge in [-0.25, -0.2) is 0 Å². The molecule has 0 amide bonds. The zero-order valence-corrected chi connectivity index (χ0v) is 10.5. The molecule has 92 valence electrons. The molecular formula is C14H18O3. The molecule has 0 aliphatic carbocycles. The monoisotopic (exact) mass is 234 g/mol. The molecule has 1 aromatic carbocycles. The molecule has 0 bridgehead atoms. The average Bonchev–Trinajstić information content (AvgIpc) is 2.15. The van der Waals surface area contributed by atoms with Gasteiger partial charge in [-0.15, -0.1) is 0 Å². The molecule has 3 nitrogen and oxygen atoms in total. The first-order valence-electron chi connectivity index (χ1n) is 5.72. The number of carbonyl (C=O) groups excluding carboxylic acids is 1. The molecule has 0 radical (unpaired) electrons. The fourth-order valence-corrected chi connectivity index (χ4v) is 1.92. The van der Waals surface area contributed by atoms with Crippen LogP contribution < -0.4 is 0 Å². The fraction of sp³-hybridized carbons (Fsp3) is 0.429. The molecule has 1 aromatic rings. The lowest BCUT2D eigenvalue weighted by molar-refractivity contribution is -0.137. The summed E-state index contributed by atoms with van der Waals surface area (Å²) in [6.07, 6.45) is 0.326. The van der Waals surface area contributed by atoms with Gasteiger partial charge in [0.15, 0.2) is 5.78 Å². The van der Waals surface area contributed by atoms with Crippen molar-refractivity contribution >= 4 is 11.8 Å². The van der Waals surface area contributed by atoms with E-state index in [1.165, 1.54) is 0 Å². The maximum absolute atomic E-state index is 12.0. The number of benzene rings is 1. The van der Waals surface area contributed by atoms with Crippen molar-refractivity contribution in [3.63, 3.8) is 0 Å². The number of aryl methyl sites for hydroxylation is 2. The van der Waals surface area contributed by atoms with Crippen LogP contribution in [0, 0.1) is 19.8 Å². The molecule has 0 saturated carbocycles. The van der Waals surface area contributed by atoms with Crippen molar-refractivity contribution in [2.75, 3.05) is 0 Å². The van der Waals surface area contributed by atoms with Crippen molar-refractivity contribution < 1.29 is 14.7 Å². The zero-order chi connectivity index (χ0) is 13.0. The summed E-state index contributed by atoms with van der Waals surface area (Å²) in [5, 5.41) is 8.65. The normalized spacial score (nSPS) is 12.2. The van der Waals surface area contributed by atoms with Gasteiger partial charge in [-0.3, -0.25) is 9.59 Å². The van der Waals surface area contributed by atoms with Crippen LogP contribution in [0.3, 0.4) is 0 Å². The van der Waals surface area contributed by atoms with E-state index in [4.69, 9.17) is 5.11 Å². The van der Waals surface area contributed by atoms with Crippen LogP contribution in [0.2, 0.25) is 0 Å². The lowest BCUT2D eigenvalue weighted by atomic mass is 9.94. The predicted octanol–water partition coefficient (Wildman–Crippen LogP) is 2.99. The number of carboxylic acid groups (broad SMARTS) is 1. The van der Waals surface area contributed by atoms with Crippen molar-refractivity contribution in [2.24, 2.45) is 5.92 Å². The zero-order valence-electron chi connectivity index (χ0n) is 10.5. The average molecular weight is 234 g/mol. The van der Waals surface area contributed by atoms with Crippen LogP contribution >= 0.6 is 0 Å². The number of aliphatic carboxylic acids is 1. The van der Waals surface area contributed by atoms with Crippen LogP contribution in [-0.2, 0) is 4.79 Å². The van der Waals surface area contributed by atoms with E-state index in [0.717, 1.165) is 11.1 Å². The standard InChI is InChI=1S/C14H18O3/c1-9-4-5-12(11(3)6-9)13(15)7-10(2)8-14(16)17/h4-6,10H,7-8H2,1-3H3,(H,16,17). The summed E-state index contributed by atoms with van der Waals surface area (Å²) in [5.41, 5.74) is 2.78. The number of hydrogen-bond donors (Lipinski definition) is 1. The Morgan fingerprint density at radius 1 is 1.24 bits per heavy atom. The first kappa shape index (κ1) is 13.4. The number of hydrogen-bond acceptors (Lipinski definition) is 2. The van der Waals surface area contributed by atoms with Gasteiger partial charge in [0, 0.05) is 18.4 Å². The van der Waals surface area contributed by atoms with Gasteiger partial charge in [0.1, 0.15) is 0 Å². The Morgan fingerprint density at radius 2 is 1.88 bits per heavy atom. The van der Waals surface area contributed by atoms with Crippen LogP contribution in [0.4, 0.5) is 0 Å². The highest BCUT2D eigenvalue weighted by Gasteiger charge is 2.15. The fourth-order valence-electron chi connectivity index (χ4n) is 1.92. The van der Waals surface area contributed by atoms with E-state index in [1.807, 2.05) is 32.0 Å². The third-order valence-corrected chi connectivity index (χ3v) is 2.74. The topological polar surface area (TPSA) is 54.4 Å². The highest BCUT2D eigenvalue weighted by atomic mass is 16.4. The molecule has 0 fully saturated rings. The highest BCUT2D eigenvalue weighted by molar-refractivity contribution is 5.97. The molecule has 1 unspecified atom stereocenters. The molecule has 0 heterocycles. The van der Waals surface area contributed by atoms with Crippen LogP contribution in [0.15, 0.2) is 18.2 Å². The summed E-state index contributed by atoms with van der Waals surface area (Å²) in [6, 6.07) is 5.69. The molecule has 1 atom stereocenters. The molecule has 0 aliphatic rings. The van der Waals surface area contributed by atoms with E-state index < -0.39 is 5.97 Å². The molecule has 0 saturated heterocycles. The quantitative estimate of drug-likeness (QED) is 0.797. The van der Waals surface area contributed by atoms with Gasteiger partial charge in [0.25, 0.3) is 0 Å². The molecule has 0 aromatic heterocycles. The van der Waals surface area contributed by atoms with E-state index in [1.54, 1.807) is 6.92 Å². The van der Waals surface area contributed by atoms with Crippen LogP contribution in [0.1, 0.15) is 41.3 Å².